The van der Waals surface area contributed by atoms with Gasteiger partial charge in [0.2, 0.25) is 5.79 Å². The van der Waals surface area contributed by atoms with Gasteiger partial charge in [0.15, 0.2) is 8.32 Å². The van der Waals surface area contributed by atoms with Gasteiger partial charge in [-0.3, -0.25) is 0 Å². The summed E-state index contributed by atoms with van der Waals surface area (Å²) in [5.41, 5.74) is 0. The summed E-state index contributed by atoms with van der Waals surface area (Å²) >= 11 is 0. The molecule has 1 saturated heterocycles. The first-order valence-corrected chi connectivity index (χ1v) is 7.64. The molecule has 0 aromatic carbocycles. The molecule has 1 aliphatic rings. The molecule has 0 aromatic heterocycles. The maximum Gasteiger partial charge on any atom is 0.250 e. The first-order valence-electron chi connectivity index (χ1n) is 4.23. The van der Waals surface area contributed by atoms with E-state index in [0.717, 1.165) is 6.42 Å². The molecule has 0 bridgehead atoms. The first kappa shape index (κ1) is 9.71. The van der Waals surface area contributed by atoms with Crippen LogP contribution in [0.15, 0.2) is 0 Å². The van der Waals surface area contributed by atoms with Crippen LogP contribution in [0.2, 0.25) is 19.6 Å². The van der Waals surface area contributed by atoms with E-state index in [-0.39, 0.29) is 0 Å². The summed E-state index contributed by atoms with van der Waals surface area (Å²) in [6.07, 6.45) is 1.64. The predicted molar refractivity (Wildman–Crippen MR) is 48.0 cm³/mol. The van der Waals surface area contributed by atoms with E-state index in [0.29, 0.717) is 13.0 Å². The summed E-state index contributed by atoms with van der Waals surface area (Å²) < 4.78 is 11.0. The van der Waals surface area contributed by atoms with Crippen LogP contribution in [0.3, 0.4) is 0 Å². The molecule has 1 aliphatic heterocycles. The van der Waals surface area contributed by atoms with Gasteiger partial charge in [-0.2, -0.15) is 5.26 Å². The van der Waals surface area contributed by atoms with Crippen molar-refractivity contribution in [2.24, 2.45) is 0 Å². The van der Waals surface area contributed by atoms with Crippen molar-refractivity contribution in [2.75, 3.05) is 6.61 Å². The average molecular weight is 185 g/mol. The lowest BCUT2D eigenvalue weighted by Gasteiger charge is -2.28. The molecule has 0 radical (unpaired) electrons. The van der Waals surface area contributed by atoms with Crippen molar-refractivity contribution in [1.82, 2.24) is 0 Å². The van der Waals surface area contributed by atoms with Crippen molar-refractivity contribution in [1.29, 1.82) is 5.26 Å². The first-order chi connectivity index (χ1) is 5.47. The van der Waals surface area contributed by atoms with Crippen LogP contribution in [-0.4, -0.2) is 20.7 Å². The van der Waals surface area contributed by atoms with E-state index in [2.05, 4.69) is 25.7 Å². The molecule has 4 heteroatoms. The molecule has 0 aromatic rings. The normalized spacial score (nSPS) is 30.2. The van der Waals surface area contributed by atoms with Gasteiger partial charge in [-0.1, -0.05) is 0 Å². The molecule has 1 atom stereocenters. The average Bonchev–Trinajstić information content (AvgIpc) is 2.34. The third-order valence-corrected chi connectivity index (χ3v) is 2.57. The quantitative estimate of drug-likeness (QED) is 0.617. The minimum Gasteiger partial charge on any atom is -0.380 e. The molecule has 0 amide bonds. The smallest absolute Gasteiger partial charge is 0.250 e. The van der Waals surface area contributed by atoms with Crippen LogP contribution in [0.4, 0.5) is 0 Å². The lowest BCUT2D eigenvalue weighted by Crippen LogP contribution is -2.41. The highest BCUT2D eigenvalue weighted by Crippen LogP contribution is 2.29. The van der Waals surface area contributed by atoms with Crippen LogP contribution in [0.5, 0.6) is 0 Å². The molecule has 68 valence electrons. The molecule has 3 nitrogen and oxygen atoms in total. The summed E-state index contributed by atoms with van der Waals surface area (Å²) in [7, 11) is -1.66. The molecule has 1 fully saturated rings. The maximum absolute atomic E-state index is 8.90. The lowest BCUT2D eigenvalue weighted by molar-refractivity contribution is -0.109. The van der Waals surface area contributed by atoms with Crippen molar-refractivity contribution < 1.29 is 9.16 Å². The van der Waals surface area contributed by atoms with Gasteiger partial charge in [-0.15, -0.1) is 0 Å². The van der Waals surface area contributed by atoms with Crippen molar-refractivity contribution in [3.63, 3.8) is 0 Å². The molecule has 0 aliphatic carbocycles. The second kappa shape index (κ2) is 3.17. The van der Waals surface area contributed by atoms with Gasteiger partial charge < -0.3 is 9.16 Å². The fraction of sp³-hybridized carbons (Fsp3) is 0.875. The van der Waals surface area contributed by atoms with E-state index in [1.807, 2.05) is 0 Å². The zero-order valence-corrected chi connectivity index (χ0v) is 8.89. The predicted octanol–water partition coefficient (Wildman–Crippen LogP) is 1.87. The molecular formula is C8H15NO2Si. The molecular weight excluding hydrogens is 170 g/mol. The Labute approximate surface area is 74.4 Å². The van der Waals surface area contributed by atoms with Crippen LogP contribution in [0.1, 0.15) is 12.8 Å². The fourth-order valence-corrected chi connectivity index (χ4v) is 2.50. The van der Waals surface area contributed by atoms with Gasteiger partial charge in [0, 0.05) is 6.42 Å². The van der Waals surface area contributed by atoms with E-state index in [1.54, 1.807) is 0 Å². The third-order valence-electron chi connectivity index (χ3n) is 1.63. The van der Waals surface area contributed by atoms with Crippen LogP contribution in [-0.2, 0) is 9.16 Å². The number of hydrogen-bond acceptors (Lipinski definition) is 3. The number of nitrogens with zero attached hydrogens (tertiary/aromatic N) is 1. The second-order valence-corrected chi connectivity index (χ2v) is 8.46. The van der Waals surface area contributed by atoms with E-state index in [4.69, 9.17) is 14.4 Å². The summed E-state index contributed by atoms with van der Waals surface area (Å²) in [6.45, 7) is 6.84. The van der Waals surface area contributed by atoms with Gasteiger partial charge >= 0.3 is 0 Å². The molecule has 0 spiro atoms. The van der Waals surface area contributed by atoms with E-state index < -0.39 is 14.1 Å². The van der Waals surface area contributed by atoms with Crippen LogP contribution in [0.25, 0.3) is 0 Å². The molecule has 0 N–H and O–H groups in total. The molecule has 0 saturated carbocycles. The van der Waals surface area contributed by atoms with Crippen LogP contribution < -0.4 is 0 Å². The Morgan fingerprint density at radius 3 is 2.50 bits per heavy atom. The summed E-state index contributed by atoms with van der Waals surface area (Å²) in [6, 6.07) is 2.12. The van der Waals surface area contributed by atoms with E-state index >= 15 is 0 Å². The monoisotopic (exact) mass is 185 g/mol. The lowest BCUT2D eigenvalue weighted by atomic mass is 10.2. The summed E-state index contributed by atoms with van der Waals surface area (Å²) in [4.78, 5) is 0. The van der Waals surface area contributed by atoms with E-state index in [9.17, 15) is 0 Å². The Hall–Kier alpha value is -0.373. The van der Waals surface area contributed by atoms with Crippen LogP contribution in [0, 0.1) is 11.3 Å². The topological polar surface area (TPSA) is 42.2 Å². The summed E-state index contributed by atoms with van der Waals surface area (Å²) in [5.74, 6) is -0.912. The largest absolute Gasteiger partial charge is 0.380 e. The van der Waals surface area contributed by atoms with Crippen molar-refractivity contribution >= 4 is 8.32 Å². The molecule has 1 heterocycles. The zero-order chi connectivity index (χ0) is 9.24. The number of nitriles is 1. The van der Waals surface area contributed by atoms with Crippen molar-refractivity contribution in [3.05, 3.63) is 0 Å². The van der Waals surface area contributed by atoms with Crippen LogP contribution >= 0.6 is 0 Å². The Morgan fingerprint density at radius 2 is 2.17 bits per heavy atom. The highest BCUT2D eigenvalue weighted by molar-refractivity contribution is 6.69. The standard InChI is InChI=1S/C8H15NO2Si/c1-12(2,3)11-8(7-9)5-4-6-10-8/h4-6H2,1-3H3. The Morgan fingerprint density at radius 1 is 1.50 bits per heavy atom. The molecule has 1 unspecified atom stereocenters. The van der Waals surface area contributed by atoms with Gasteiger partial charge in [0.1, 0.15) is 6.07 Å². The van der Waals surface area contributed by atoms with E-state index in [1.165, 1.54) is 0 Å². The second-order valence-electron chi connectivity index (χ2n) is 4.03. The van der Waals surface area contributed by atoms with Gasteiger partial charge in [0.25, 0.3) is 0 Å². The Balaban J connectivity index is 2.64. The van der Waals surface area contributed by atoms with Gasteiger partial charge in [-0.05, 0) is 26.1 Å². The zero-order valence-electron chi connectivity index (χ0n) is 7.89. The minimum absolute atomic E-state index is 0.651. The van der Waals surface area contributed by atoms with Gasteiger partial charge in [-0.25, -0.2) is 0 Å². The number of ether oxygens (including phenoxy) is 1. The van der Waals surface area contributed by atoms with Crippen molar-refractivity contribution in [3.8, 4) is 6.07 Å². The molecule has 12 heavy (non-hydrogen) atoms. The summed E-state index contributed by atoms with van der Waals surface area (Å²) in [5, 5.41) is 8.90. The highest BCUT2D eigenvalue weighted by atomic mass is 28.4. The van der Waals surface area contributed by atoms with Crippen molar-refractivity contribution in [2.45, 2.75) is 38.3 Å². The number of hydrogen-bond donors (Lipinski definition) is 0. The number of rotatable bonds is 2. The fourth-order valence-electron chi connectivity index (χ4n) is 1.30. The third kappa shape index (κ3) is 2.31. The SMILES string of the molecule is C[Si](C)(C)OC1(C#N)CCCO1. The Bertz CT molecular complexity index is 198. The van der Waals surface area contributed by atoms with Gasteiger partial charge in [0.05, 0.1) is 6.61 Å². The minimum atomic E-state index is -1.66. The maximum atomic E-state index is 8.90. The highest BCUT2D eigenvalue weighted by Gasteiger charge is 2.40. The Kier molecular flexibility index (Phi) is 2.57. The molecule has 1 rings (SSSR count).